The first-order valence-electron chi connectivity index (χ1n) is 28.7. The molecule has 1 saturated carbocycles. The van der Waals surface area contributed by atoms with E-state index in [4.69, 9.17) is 59.0 Å². The van der Waals surface area contributed by atoms with Crippen molar-refractivity contribution in [3.05, 3.63) is 39.1 Å². The smallest absolute Gasteiger partial charge is 0.341 e. The van der Waals surface area contributed by atoms with Crippen LogP contribution in [0.2, 0.25) is 5.02 Å². The summed E-state index contributed by atoms with van der Waals surface area (Å²) in [6, 6.07) is 2.41. The number of carbonyl (C=O) groups is 4. The van der Waals surface area contributed by atoms with Crippen molar-refractivity contribution in [2.45, 2.75) is 211 Å². The maximum atomic E-state index is 14.6. The molecule has 0 spiro atoms. The highest BCUT2D eigenvalue weighted by atomic mass is 35.5. The molecule has 1 amide bonds. The Labute approximate surface area is 486 Å². The highest BCUT2D eigenvalue weighted by Crippen LogP contribution is 2.42. The number of aromatic nitrogens is 1. The van der Waals surface area contributed by atoms with Crippen molar-refractivity contribution in [1.82, 2.24) is 14.8 Å². The summed E-state index contributed by atoms with van der Waals surface area (Å²) in [5.74, 6) is -6.28. The van der Waals surface area contributed by atoms with Gasteiger partial charge in [0.15, 0.2) is 18.7 Å². The molecular weight excluding hydrogens is 1090 g/mol. The van der Waals surface area contributed by atoms with Gasteiger partial charge in [0.1, 0.15) is 29.0 Å². The normalized spacial score (nSPS) is 36.3. The number of methoxy groups -OCH3 is 2. The molecule has 0 unspecified atom stereocenters. The zero-order valence-electron chi connectivity index (χ0n) is 50.1. The van der Waals surface area contributed by atoms with Crippen LogP contribution in [0.15, 0.2) is 23.1 Å². The summed E-state index contributed by atoms with van der Waals surface area (Å²) in [5.41, 5.74) is -4.39. The molecule has 4 fully saturated rings. The molecule has 0 bridgehead atoms. The van der Waals surface area contributed by atoms with Gasteiger partial charge in [-0.3, -0.25) is 19.2 Å². The van der Waals surface area contributed by atoms with Gasteiger partial charge < -0.3 is 87.9 Å². The summed E-state index contributed by atoms with van der Waals surface area (Å²) in [5, 5.41) is 51.6. The fraction of sp³-hybridized carbons (Fsp3) is 0.776. The number of halogens is 1. The molecule has 23 nitrogen and oxygen atoms in total. The maximum absolute atomic E-state index is 14.6. The van der Waals surface area contributed by atoms with Crippen LogP contribution < -0.4 is 16.1 Å². The van der Waals surface area contributed by atoms with Crippen molar-refractivity contribution in [1.29, 1.82) is 0 Å². The van der Waals surface area contributed by atoms with Crippen molar-refractivity contribution in [3.63, 3.8) is 0 Å². The van der Waals surface area contributed by atoms with Gasteiger partial charge in [0.25, 0.3) is 0 Å². The maximum Gasteiger partial charge on any atom is 0.341 e. The molecule has 1 aromatic heterocycles. The Hall–Kier alpha value is -4.08. The molecule has 6 N–H and O–H groups in total. The van der Waals surface area contributed by atoms with Crippen LogP contribution in [0.5, 0.6) is 0 Å². The Balaban J connectivity index is 1.12. The van der Waals surface area contributed by atoms with Crippen molar-refractivity contribution < 1.29 is 87.0 Å². The predicted molar refractivity (Wildman–Crippen MR) is 302 cm³/mol. The number of ether oxygens (including phenoxy) is 10. The Morgan fingerprint density at radius 2 is 1.54 bits per heavy atom. The van der Waals surface area contributed by atoms with Crippen LogP contribution >= 0.6 is 11.6 Å². The first-order chi connectivity index (χ1) is 38.5. The number of likely N-dealkylation sites (N-methyl/N-ethyl adjacent to an activating group) is 1. The number of carboxylic acids is 1. The van der Waals surface area contributed by atoms with Gasteiger partial charge in [-0.1, -0.05) is 32.4 Å². The number of esters is 2. The minimum Gasteiger partial charge on any atom is -0.477 e. The van der Waals surface area contributed by atoms with Crippen LogP contribution in [0.25, 0.3) is 10.9 Å². The van der Waals surface area contributed by atoms with Gasteiger partial charge in [-0.05, 0) is 107 Å². The molecule has 464 valence electrons. The lowest BCUT2D eigenvalue weighted by Gasteiger charge is -2.50. The van der Waals surface area contributed by atoms with Gasteiger partial charge in [0, 0.05) is 62.8 Å². The molecular formula is C58H91ClN4O19. The zero-order chi connectivity index (χ0) is 60.8. The minimum atomic E-state index is -2.07. The largest absolute Gasteiger partial charge is 0.477 e. The SMILES string of the molecule is CC[C@H]1OC(=O)[C@H](C)[C@@H](O[C@H]2C[C@@](C)(OC)[C@@H](OC(=O)CCOCCOCCNc3cc4c(=O)c(C(=O)O)cn(C5CC5)c4cc3Cl)[C@H](C)O2)[C@H](C)[C@@H](O[C@@H]2O[C@H](C)C[C@H](N(C)C)[C@H]2O)[C@](C)(OC)C[C@@H](C)NC(=O)[C@H](C)[C@@H](O)[C@]1(C)O. The molecule has 4 heterocycles. The number of aliphatic hydroxyl groups is 3. The third kappa shape index (κ3) is 15.7. The molecule has 3 saturated heterocycles. The van der Waals surface area contributed by atoms with Crippen LogP contribution in [0, 0.1) is 17.8 Å². The topological polar surface area (TPSA) is 291 Å². The van der Waals surface area contributed by atoms with E-state index in [9.17, 15) is 44.4 Å². The number of rotatable bonds is 21. The average molecular weight is 1180 g/mol. The lowest BCUT2D eigenvalue weighted by Crippen LogP contribution is -2.61. The van der Waals surface area contributed by atoms with Gasteiger partial charge in [-0.15, -0.1) is 0 Å². The number of fused-ring (bicyclic) bond motifs is 1. The van der Waals surface area contributed by atoms with E-state index in [1.54, 1.807) is 53.7 Å². The minimum absolute atomic E-state index is 0.0112. The number of nitrogens with zero attached hydrogens (tertiary/aromatic N) is 2. The number of nitrogens with one attached hydrogen (secondary N) is 2. The zero-order valence-corrected chi connectivity index (χ0v) is 50.9. The lowest BCUT2D eigenvalue weighted by molar-refractivity contribution is -0.320. The molecule has 24 heteroatoms. The van der Waals surface area contributed by atoms with Gasteiger partial charge in [0.05, 0.1) is 97.0 Å². The van der Waals surface area contributed by atoms with E-state index in [-0.39, 0.29) is 81.2 Å². The first kappa shape index (κ1) is 67.1. The second-order valence-electron chi connectivity index (χ2n) is 23.8. The summed E-state index contributed by atoms with van der Waals surface area (Å²) in [6.45, 7) is 17.8. The Morgan fingerprint density at radius 1 is 0.890 bits per heavy atom. The van der Waals surface area contributed by atoms with E-state index >= 15 is 0 Å². The highest BCUT2D eigenvalue weighted by Gasteiger charge is 2.54. The fourth-order valence-corrected chi connectivity index (χ4v) is 12.1. The van der Waals surface area contributed by atoms with Crippen LogP contribution in [0.4, 0.5) is 5.69 Å². The number of carbonyl (C=O) groups excluding carboxylic acids is 3. The summed E-state index contributed by atoms with van der Waals surface area (Å²) in [7, 11) is 6.71. The quantitative estimate of drug-likeness (QED) is 0.0721. The van der Waals surface area contributed by atoms with Gasteiger partial charge in [-0.2, -0.15) is 0 Å². The van der Waals surface area contributed by atoms with Crippen molar-refractivity contribution in [3.8, 4) is 0 Å². The van der Waals surface area contributed by atoms with Crippen LogP contribution in [-0.2, 0) is 61.8 Å². The molecule has 1 aromatic carbocycles. The number of pyridine rings is 1. The third-order valence-electron chi connectivity index (χ3n) is 17.0. The molecule has 0 radical (unpaired) electrons. The van der Waals surface area contributed by atoms with E-state index in [2.05, 4.69) is 10.6 Å². The molecule has 6 rings (SSSR count). The van der Waals surface area contributed by atoms with Crippen LogP contribution in [-0.4, -0.2) is 205 Å². The van der Waals surface area contributed by atoms with E-state index in [0.717, 1.165) is 12.8 Å². The van der Waals surface area contributed by atoms with Crippen LogP contribution in [0.1, 0.15) is 131 Å². The highest BCUT2D eigenvalue weighted by molar-refractivity contribution is 6.34. The molecule has 2 aromatic rings. The van der Waals surface area contributed by atoms with Crippen LogP contribution in [0.3, 0.4) is 0 Å². The van der Waals surface area contributed by atoms with Crippen molar-refractivity contribution in [2.24, 2.45) is 17.8 Å². The molecule has 82 heavy (non-hydrogen) atoms. The van der Waals surface area contributed by atoms with Gasteiger partial charge in [-0.25, -0.2) is 4.79 Å². The van der Waals surface area contributed by atoms with E-state index in [0.29, 0.717) is 29.2 Å². The number of aromatic carboxylic acids is 1. The first-order valence-corrected chi connectivity index (χ1v) is 29.1. The monoisotopic (exact) mass is 1180 g/mol. The predicted octanol–water partition coefficient (Wildman–Crippen LogP) is 4.83. The number of cyclic esters (lactones) is 1. The Bertz CT molecular complexity index is 2570. The van der Waals surface area contributed by atoms with Crippen molar-refractivity contribution >= 4 is 52.0 Å². The number of hydrogen-bond donors (Lipinski definition) is 6. The summed E-state index contributed by atoms with van der Waals surface area (Å²) < 4.78 is 64.5. The molecule has 18 atom stereocenters. The second-order valence-corrected chi connectivity index (χ2v) is 24.2. The van der Waals surface area contributed by atoms with E-state index in [1.807, 2.05) is 37.4 Å². The average Bonchev–Trinajstić information content (AvgIpc) is 3.57. The number of carboxylic acid groups (broad SMARTS) is 1. The Kier molecular flexibility index (Phi) is 23.2. The standard InChI is InChI=1S/C58H91ClN4O19/c1-15-43-58(10,72)49(67)34(6)52(68)61-30(2)27-56(8,73-13)50(82-55-47(66)42(62(11)12)24-31(3)77-55)32(4)48(33(5)54(71)79-43)81-45-28-57(9,74-14)51(35(7)78-45)80-44(64)18-20-75-22-23-76-21-19-60-40-25-37-41(26-39(40)59)63(36-16-17-36)29-38(46(37)65)53(69)70/h25-26,29-36,42-43,45,47-51,55,60,66-67,72H,15-24,27-28H2,1-14H3,(H,61,68)(H,69,70)/t30-,31-,32+,33-,34-,35+,42+,43-,45+,47-,48+,49-,50-,51+,55+,56-,57-,58-/m1/s1. The number of hydrogen-bond acceptors (Lipinski definition) is 20. The van der Waals surface area contributed by atoms with Gasteiger partial charge >= 0.3 is 17.9 Å². The van der Waals surface area contributed by atoms with Crippen molar-refractivity contribution in [2.75, 3.05) is 66.6 Å². The lowest BCUT2D eigenvalue weighted by atomic mass is 9.78. The molecule has 4 aliphatic rings. The summed E-state index contributed by atoms with van der Waals surface area (Å²) in [4.78, 5) is 68.6. The Morgan fingerprint density at radius 3 is 2.15 bits per heavy atom. The van der Waals surface area contributed by atoms with Gasteiger partial charge in [0.2, 0.25) is 11.3 Å². The molecule has 1 aliphatic carbocycles. The number of anilines is 1. The second kappa shape index (κ2) is 28.4. The summed E-state index contributed by atoms with van der Waals surface area (Å²) >= 11 is 6.59. The third-order valence-corrected chi connectivity index (χ3v) is 17.3. The number of amides is 1. The number of benzene rings is 1. The number of aliphatic hydroxyl groups excluding tert-OH is 2. The summed E-state index contributed by atoms with van der Waals surface area (Å²) in [6.07, 6.45) is -6.71. The molecule has 3 aliphatic heterocycles. The van der Waals surface area contributed by atoms with E-state index < -0.39 is 125 Å². The van der Waals surface area contributed by atoms with E-state index in [1.165, 1.54) is 34.3 Å². The fourth-order valence-electron chi connectivity index (χ4n) is 11.9.